The summed E-state index contributed by atoms with van der Waals surface area (Å²) >= 11 is 6.09. The Morgan fingerprint density at radius 2 is 2.09 bits per heavy atom. The maximum Gasteiger partial charge on any atom is 0.254 e. The summed E-state index contributed by atoms with van der Waals surface area (Å²) in [6.45, 7) is 3.24. The molecule has 0 fully saturated rings. The smallest absolute Gasteiger partial charge is 0.254 e. The molecular formula is C15H18ClN3O3S. The molecule has 1 aromatic heterocycles. The van der Waals surface area contributed by atoms with Gasteiger partial charge in [0, 0.05) is 18.0 Å². The van der Waals surface area contributed by atoms with Gasteiger partial charge in [-0.1, -0.05) is 30.7 Å². The minimum absolute atomic E-state index is 0.0532. The minimum atomic E-state index is -3.14. The van der Waals surface area contributed by atoms with Gasteiger partial charge in [-0.3, -0.25) is 4.79 Å². The van der Waals surface area contributed by atoms with Gasteiger partial charge in [0.25, 0.3) is 5.91 Å². The summed E-state index contributed by atoms with van der Waals surface area (Å²) in [7, 11) is -3.14. The monoisotopic (exact) mass is 355 g/mol. The van der Waals surface area contributed by atoms with Crippen molar-refractivity contribution in [2.24, 2.45) is 0 Å². The molecule has 0 aliphatic rings. The molecule has 2 rings (SSSR count). The molecule has 1 amide bonds. The van der Waals surface area contributed by atoms with Gasteiger partial charge in [-0.2, -0.15) is 5.10 Å². The summed E-state index contributed by atoms with van der Waals surface area (Å²) in [5.74, 6) is -0.409. The maximum atomic E-state index is 12.2. The lowest BCUT2D eigenvalue weighted by Gasteiger charge is -2.12. The average Bonchev–Trinajstić information content (AvgIpc) is 2.96. The van der Waals surface area contributed by atoms with Gasteiger partial charge in [-0.25, -0.2) is 13.1 Å². The van der Waals surface area contributed by atoms with E-state index in [1.807, 2.05) is 6.07 Å². The molecule has 0 saturated heterocycles. The van der Waals surface area contributed by atoms with Crippen molar-refractivity contribution < 1.29 is 13.2 Å². The maximum absolute atomic E-state index is 12.2. The summed E-state index contributed by atoms with van der Waals surface area (Å²) < 4.78 is 24.6. The number of hydrogen-bond donors (Lipinski definition) is 1. The van der Waals surface area contributed by atoms with Gasteiger partial charge >= 0.3 is 0 Å². The summed E-state index contributed by atoms with van der Waals surface area (Å²) in [4.78, 5) is 12.2. The van der Waals surface area contributed by atoms with Crippen LogP contribution in [-0.4, -0.2) is 41.7 Å². The number of hydrogen-bond acceptors (Lipinski definition) is 4. The van der Waals surface area contributed by atoms with Crippen LogP contribution < -0.4 is 5.32 Å². The number of nitrogens with one attached hydrogen (secondary N) is 1. The van der Waals surface area contributed by atoms with Crippen LogP contribution in [0.1, 0.15) is 24.2 Å². The van der Waals surface area contributed by atoms with Crippen LogP contribution in [0.2, 0.25) is 5.02 Å². The fourth-order valence-corrected chi connectivity index (χ4v) is 3.36. The van der Waals surface area contributed by atoms with E-state index in [-0.39, 0.29) is 17.4 Å². The standard InChI is InChI=1S/C15H18ClN3O3S/c1-3-23(21,22)10-11(2)18-15(20)12-8-17-19(9-12)14-7-5-4-6-13(14)16/h4-9,11H,3,10H2,1-2H3,(H,18,20). The highest BCUT2D eigenvalue weighted by molar-refractivity contribution is 7.91. The first-order valence-corrected chi connectivity index (χ1v) is 9.33. The van der Waals surface area contributed by atoms with Gasteiger partial charge in [-0.05, 0) is 19.1 Å². The molecule has 1 aromatic carbocycles. The Bertz CT molecular complexity index is 802. The third kappa shape index (κ3) is 4.56. The van der Waals surface area contributed by atoms with Gasteiger partial charge in [0.15, 0.2) is 9.84 Å². The lowest BCUT2D eigenvalue weighted by molar-refractivity contribution is 0.0943. The Morgan fingerprint density at radius 3 is 2.74 bits per heavy atom. The quantitative estimate of drug-likeness (QED) is 0.860. The number of para-hydroxylation sites is 1. The van der Waals surface area contributed by atoms with E-state index in [1.54, 1.807) is 38.2 Å². The number of sulfone groups is 1. The topological polar surface area (TPSA) is 81.1 Å². The number of carbonyl (C=O) groups is 1. The second-order valence-corrected chi connectivity index (χ2v) is 8.00. The Kier molecular flexibility index (Phi) is 5.43. The second-order valence-electron chi connectivity index (χ2n) is 5.20. The predicted octanol–water partition coefficient (Wildman–Crippen LogP) is 2.08. The van der Waals surface area contributed by atoms with Crippen LogP contribution in [0, 0.1) is 0 Å². The lowest BCUT2D eigenvalue weighted by atomic mass is 10.3. The molecule has 1 atom stereocenters. The molecule has 0 radical (unpaired) electrons. The van der Waals surface area contributed by atoms with Crippen molar-refractivity contribution in [2.45, 2.75) is 19.9 Å². The molecule has 1 heterocycles. The van der Waals surface area contributed by atoms with Crippen LogP contribution in [-0.2, 0) is 9.84 Å². The van der Waals surface area contributed by atoms with E-state index in [1.165, 1.54) is 10.9 Å². The van der Waals surface area contributed by atoms with Gasteiger partial charge in [0.05, 0.1) is 28.2 Å². The van der Waals surface area contributed by atoms with E-state index in [4.69, 9.17) is 11.6 Å². The van der Waals surface area contributed by atoms with Crippen LogP contribution in [0.3, 0.4) is 0 Å². The zero-order valence-electron chi connectivity index (χ0n) is 12.9. The highest BCUT2D eigenvalue weighted by Crippen LogP contribution is 2.19. The number of benzene rings is 1. The summed E-state index contributed by atoms with van der Waals surface area (Å²) in [5, 5.41) is 7.30. The van der Waals surface area contributed by atoms with Crippen molar-refractivity contribution in [1.82, 2.24) is 15.1 Å². The first kappa shape index (κ1) is 17.5. The van der Waals surface area contributed by atoms with E-state index in [0.29, 0.717) is 16.3 Å². The van der Waals surface area contributed by atoms with Crippen molar-refractivity contribution in [3.63, 3.8) is 0 Å². The van der Waals surface area contributed by atoms with Crippen molar-refractivity contribution >= 4 is 27.3 Å². The van der Waals surface area contributed by atoms with Gasteiger partial charge in [0.1, 0.15) is 0 Å². The van der Waals surface area contributed by atoms with Crippen LogP contribution in [0.15, 0.2) is 36.7 Å². The van der Waals surface area contributed by atoms with Crippen molar-refractivity contribution in [1.29, 1.82) is 0 Å². The molecule has 1 unspecified atom stereocenters. The van der Waals surface area contributed by atoms with Crippen LogP contribution >= 0.6 is 11.6 Å². The number of aromatic nitrogens is 2. The normalized spacial score (nSPS) is 12.8. The molecule has 8 heteroatoms. The molecule has 0 spiro atoms. The van der Waals surface area contributed by atoms with Crippen molar-refractivity contribution in [2.75, 3.05) is 11.5 Å². The summed E-state index contributed by atoms with van der Waals surface area (Å²) in [6, 6.07) is 6.67. The average molecular weight is 356 g/mol. The van der Waals surface area contributed by atoms with E-state index in [0.717, 1.165) is 0 Å². The Hall–Kier alpha value is -1.86. The first-order chi connectivity index (χ1) is 10.8. The summed E-state index contributed by atoms with van der Waals surface area (Å²) in [5.41, 5.74) is 1.00. The molecule has 124 valence electrons. The molecule has 23 heavy (non-hydrogen) atoms. The number of nitrogens with zero attached hydrogens (tertiary/aromatic N) is 2. The number of halogens is 1. The second kappa shape index (κ2) is 7.14. The van der Waals surface area contributed by atoms with Gasteiger partial charge in [0.2, 0.25) is 0 Å². The minimum Gasteiger partial charge on any atom is -0.348 e. The van der Waals surface area contributed by atoms with Crippen LogP contribution in [0.4, 0.5) is 0 Å². The largest absolute Gasteiger partial charge is 0.348 e. The zero-order valence-corrected chi connectivity index (χ0v) is 14.4. The van der Waals surface area contributed by atoms with E-state index >= 15 is 0 Å². The molecule has 0 aliphatic heterocycles. The molecule has 0 aliphatic carbocycles. The third-order valence-corrected chi connectivity index (χ3v) is 5.47. The zero-order chi connectivity index (χ0) is 17.0. The van der Waals surface area contributed by atoms with E-state index in [2.05, 4.69) is 10.4 Å². The third-order valence-electron chi connectivity index (χ3n) is 3.27. The SMILES string of the molecule is CCS(=O)(=O)CC(C)NC(=O)c1cnn(-c2ccccc2Cl)c1. The molecule has 6 nitrogen and oxygen atoms in total. The Balaban J connectivity index is 2.09. The molecule has 2 aromatic rings. The molecule has 1 N–H and O–H groups in total. The Morgan fingerprint density at radius 1 is 1.39 bits per heavy atom. The molecule has 0 saturated carbocycles. The highest BCUT2D eigenvalue weighted by atomic mass is 35.5. The molecular weight excluding hydrogens is 338 g/mol. The number of amides is 1. The van der Waals surface area contributed by atoms with Crippen LogP contribution in [0.25, 0.3) is 5.69 Å². The fourth-order valence-electron chi connectivity index (χ4n) is 2.06. The fraction of sp³-hybridized carbons (Fsp3) is 0.333. The highest BCUT2D eigenvalue weighted by Gasteiger charge is 2.17. The molecule has 0 bridgehead atoms. The predicted molar refractivity (Wildman–Crippen MR) is 89.8 cm³/mol. The van der Waals surface area contributed by atoms with Crippen molar-refractivity contribution in [3.05, 3.63) is 47.2 Å². The van der Waals surface area contributed by atoms with Gasteiger partial charge in [-0.15, -0.1) is 0 Å². The first-order valence-electron chi connectivity index (χ1n) is 7.13. The lowest BCUT2D eigenvalue weighted by Crippen LogP contribution is -2.37. The van der Waals surface area contributed by atoms with E-state index in [9.17, 15) is 13.2 Å². The van der Waals surface area contributed by atoms with Gasteiger partial charge < -0.3 is 5.32 Å². The van der Waals surface area contributed by atoms with Crippen molar-refractivity contribution in [3.8, 4) is 5.69 Å². The van der Waals surface area contributed by atoms with E-state index < -0.39 is 15.9 Å². The Labute approximate surface area is 140 Å². The number of rotatable bonds is 6. The summed E-state index contributed by atoms with van der Waals surface area (Å²) in [6.07, 6.45) is 2.97. The number of carbonyl (C=O) groups excluding carboxylic acids is 1. The van der Waals surface area contributed by atoms with Crippen LogP contribution in [0.5, 0.6) is 0 Å².